The summed E-state index contributed by atoms with van der Waals surface area (Å²) in [4.78, 5) is 25.9. The van der Waals surface area contributed by atoms with Crippen LogP contribution in [-0.2, 0) is 7.05 Å². The van der Waals surface area contributed by atoms with Crippen LogP contribution in [0, 0.1) is 0 Å². The van der Waals surface area contributed by atoms with Gasteiger partial charge in [0.25, 0.3) is 5.91 Å². The molecule has 1 amide bonds. The van der Waals surface area contributed by atoms with Gasteiger partial charge in [-0.25, -0.2) is 4.98 Å². The van der Waals surface area contributed by atoms with Gasteiger partial charge < -0.3 is 16.0 Å². The van der Waals surface area contributed by atoms with Crippen LogP contribution in [-0.4, -0.2) is 49.8 Å². The van der Waals surface area contributed by atoms with Gasteiger partial charge in [-0.15, -0.1) is 0 Å². The molecule has 0 spiro atoms. The number of piperidine rings is 1. The van der Waals surface area contributed by atoms with Crippen LogP contribution in [0.3, 0.4) is 0 Å². The quantitative estimate of drug-likeness (QED) is 0.448. The van der Waals surface area contributed by atoms with Crippen molar-refractivity contribution in [3.63, 3.8) is 0 Å². The highest BCUT2D eigenvalue weighted by atomic mass is 16.1. The number of hydrogen-bond donors (Lipinski definition) is 3. The predicted molar refractivity (Wildman–Crippen MR) is 123 cm³/mol. The Morgan fingerprint density at radius 3 is 2.72 bits per heavy atom. The number of nitrogens with zero attached hydrogens (tertiary/aromatic N) is 5. The van der Waals surface area contributed by atoms with Crippen LogP contribution in [0.4, 0.5) is 11.5 Å². The predicted octanol–water partition coefficient (Wildman–Crippen LogP) is 2.84. The van der Waals surface area contributed by atoms with Crippen molar-refractivity contribution < 1.29 is 4.79 Å². The minimum Gasteiger partial charge on any atom is -0.381 e. The summed E-state index contributed by atoms with van der Waals surface area (Å²) in [5, 5.41) is 14.8. The van der Waals surface area contributed by atoms with Gasteiger partial charge in [-0.1, -0.05) is 0 Å². The van der Waals surface area contributed by atoms with Crippen LogP contribution in [0.2, 0.25) is 0 Å². The highest BCUT2D eigenvalue weighted by Crippen LogP contribution is 2.23. The van der Waals surface area contributed by atoms with Crippen molar-refractivity contribution in [2.75, 3.05) is 23.7 Å². The second kappa shape index (κ2) is 8.72. The molecule has 32 heavy (non-hydrogen) atoms. The first-order valence-corrected chi connectivity index (χ1v) is 10.6. The number of nitrogens with one attached hydrogen (secondary N) is 3. The number of rotatable bonds is 5. The van der Waals surface area contributed by atoms with E-state index in [9.17, 15) is 4.79 Å². The summed E-state index contributed by atoms with van der Waals surface area (Å²) in [6, 6.07) is 6.06. The molecule has 162 valence electrons. The van der Waals surface area contributed by atoms with Gasteiger partial charge in [0.2, 0.25) is 0 Å². The van der Waals surface area contributed by atoms with E-state index >= 15 is 0 Å². The molecule has 1 fully saturated rings. The summed E-state index contributed by atoms with van der Waals surface area (Å²) in [6.07, 6.45) is 12.6. The largest absolute Gasteiger partial charge is 0.381 e. The summed E-state index contributed by atoms with van der Waals surface area (Å²) >= 11 is 0. The fraction of sp³-hybridized carbons (Fsp3) is 0.261. The Balaban J connectivity index is 1.33. The maximum absolute atomic E-state index is 12.8. The molecular weight excluding hydrogens is 404 g/mol. The Morgan fingerprint density at radius 1 is 1.03 bits per heavy atom. The molecule has 1 saturated heterocycles. The van der Waals surface area contributed by atoms with Crippen LogP contribution in [0.15, 0.2) is 55.4 Å². The van der Waals surface area contributed by atoms with Crippen molar-refractivity contribution in [3.8, 4) is 11.1 Å². The molecule has 0 atom stereocenters. The van der Waals surface area contributed by atoms with Crippen molar-refractivity contribution in [3.05, 3.63) is 60.9 Å². The molecule has 3 N–H and O–H groups in total. The van der Waals surface area contributed by atoms with E-state index in [1.807, 2.05) is 31.4 Å². The molecule has 1 aliphatic rings. The van der Waals surface area contributed by atoms with Gasteiger partial charge in [-0.3, -0.25) is 19.4 Å². The number of anilines is 2. The van der Waals surface area contributed by atoms with Crippen LogP contribution in [0.1, 0.15) is 23.2 Å². The van der Waals surface area contributed by atoms with Gasteiger partial charge >= 0.3 is 0 Å². The number of carbonyl (C=O) groups is 1. The Hall–Kier alpha value is -3.85. The summed E-state index contributed by atoms with van der Waals surface area (Å²) in [7, 11) is 1.88. The summed E-state index contributed by atoms with van der Waals surface area (Å²) in [5.74, 6) is 0.207. The number of fused-ring (bicyclic) bond motifs is 1. The number of hydrogen-bond acceptors (Lipinski definition) is 7. The third kappa shape index (κ3) is 4.42. The number of aromatic nitrogens is 5. The van der Waals surface area contributed by atoms with Crippen molar-refractivity contribution in [2.24, 2.45) is 7.05 Å². The first kappa shape index (κ1) is 20.1. The van der Waals surface area contributed by atoms with Crippen LogP contribution in [0.5, 0.6) is 0 Å². The normalized spacial score (nSPS) is 14.4. The summed E-state index contributed by atoms with van der Waals surface area (Å²) < 4.78 is 1.75. The van der Waals surface area contributed by atoms with E-state index in [-0.39, 0.29) is 5.91 Å². The van der Waals surface area contributed by atoms with E-state index in [1.165, 1.54) is 0 Å². The van der Waals surface area contributed by atoms with Crippen LogP contribution < -0.4 is 16.0 Å². The lowest BCUT2D eigenvalue weighted by molar-refractivity contribution is 0.102. The van der Waals surface area contributed by atoms with Gasteiger partial charge in [-0.05, 0) is 44.1 Å². The second-order valence-electron chi connectivity index (χ2n) is 7.97. The Kier molecular flexibility index (Phi) is 5.47. The first-order valence-electron chi connectivity index (χ1n) is 10.6. The van der Waals surface area contributed by atoms with Gasteiger partial charge in [-0.2, -0.15) is 5.10 Å². The van der Waals surface area contributed by atoms with Crippen LogP contribution in [0.25, 0.3) is 22.0 Å². The van der Waals surface area contributed by atoms with Crippen molar-refractivity contribution in [2.45, 2.75) is 18.9 Å². The van der Waals surface area contributed by atoms with Crippen LogP contribution >= 0.6 is 0 Å². The van der Waals surface area contributed by atoms with Gasteiger partial charge in [0, 0.05) is 54.4 Å². The zero-order valence-electron chi connectivity index (χ0n) is 17.7. The number of pyridine rings is 3. The van der Waals surface area contributed by atoms with Gasteiger partial charge in [0.05, 0.1) is 29.2 Å². The fourth-order valence-corrected chi connectivity index (χ4v) is 3.86. The molecule has 5 rings (SSSR count). The average Bonchev–Trinajstić information content (AvgIpc) is 3.26. The molecule has 4 aromatic heterocycles. The molecule has 9 nitrogen and oxygen atoms in total. The summed E-state index contributed by atoms with van der Waals surface area (Å²) in [5.41, 5.74) is 4.02. The highest BCUT2D eigenvalue weighted by molar-refractivity contribution is 6.04. The topological polar surface area (TPSA) is 110 Å². The molecule has 0 unspecified atom stereocenters. The molecule has 1 aliphatic heterocycles. The first-order chi connectivity index (χ1) is 15.6. The van der Waals surface area contributed by atoms with Gasteiger partial charge in [0.15, 0.2) is 0 Å². The zero-order chi connectivity index (χ0) is 21.9. The third-order valence-corrected chi connectivity index (χ3v) is 5.56. The molecule has 9 heteroatoms. The van der Waals surface area contributed by atoms with Gasteiger partial charge in [0.1, 0.15) is 5.82 Å². The lowest BCUT2D eigenvalue weighted by atomic mass is 10.1. The van der Waals surface area contributed by atoms with Crippen molar-refractivity contribution >= 4 is 28.3 Å². The minimum absolute atomic E-state index is 0.255. The Morgan fingerprint density at radius 2 is 1.91 bits per heavy atom. The average molecular weight is 429 g/mol. The van der Waals surface area contributed by atoms with E-state index in [0.717, 1.165) is 53.6 Å². The minimum atomic E-state index is -0.255. The molecule has 4 aromatic rings. The Labute approximate surface area is 185 Å². The maximum atomic E-state index is 12.8. The molecule has 0 aliphatic carbocycles. The highest BCUT2D eigenvalue weighted by Gasteiger charge is 2.14. The lowest BCUT2D eigenvalue weighted by Crippen LogP contribution is -2.35. The molecule has 0 aromatic carbocycles. The van der Waals surface area contributed by atoms with Crippen molar-refractivity contribution in [1.29, 1.82) is 0 Å². The molecule has 0 bridgehead atoms. The fourth-order valence-electron chi connectivity index (χ4n) is 3.86. The lowest BCUT2D eigenvalue weighted by Gasteiger charge is -2.24. The van der Waals surface area contributed by atoms with E-state index in [4.69, 9.17) is 0 Å². The van der Waals surface area contributed by atoms with E-state index in [0.29, 0.717) is 17.4 Å². The smallest absolute Gasteiger partial charge is 0.258 e. The molecule has 5 heterocycles. The number of aryl methyl sites for hydroxylation is 1. The van der Waals surface area contributed by atoms with E-state index < -0.39 is 0 Å². The maximum Gasteiger partial charge on any atom is 0.258 e. The standard InChI is InChI=1S/C23H24N8O/c1-31-14-18(11-28-31)16-6-15-8-22(27-13-21(15)26-10-16)30-23(32)17-7-20(12-25-9-17)29-19-2-4-24-5-3-19/h6-14,19,24,29H,2-5H2,1H3,(H,27,30,32). The van der Waals surface area contributed by atoms with E-state index in [2.05, 4.69) is 36.0 Å². The Bertz CT molecular complexity index is 1260. The summed E-state index contributed by atoms with van der Waals surface area (Å²) in [6.45, 7) is 1.99. The molecule has 0 radical (unpaired) electrons. The molecule has 0 saturated carbocycles. The SMILES string of the molecule is Cn1cc(-c2cnc3cnc(NC(=O)c4cncc(NC5CCNCC5)c4)cc3c2)cn1. The van der Waals surface area contributed by atoms with E-state index in [1.54, 1.807) is 35.7 Å². The number of carbonyl (C=O) groups excluding carboxylic acids is 1. The monoisotopic (exact) mass is 428 g/mol. The zero-order valence-corrected chi connectivity index (χ0v) is 17.7. The number of amides is 1. The third-order valence-electron chi connectivity index (χ3n) is 5.56. The van der Waals surface area contributed by atoms with Crippen molar-refractivity contribution in [1.82, 2.24) is 30.0 Å². The molecular formula is C23H24N8O. The second-order valence-corrected chi connectivity index (χ2v) is 7.97.